The van der Waals surface area contributed by atoms with Gasteiger partial charge in [-0.1, -0.05) is 42.5 Å². The summed E-state index contributed by atoms with van der Waals surface area (Å²) >= 11 is 0. The van der Waals surface area contributed by atoms with Gasteiger partial charge in [0.05, 0.1) is 0 Å². The first-order valence-electron chi connectivity index (χ1n) is 11.7. The van der Waals surface area contributed by atoms with E-state index in [2.05, 4.69) is 21.9 Å². The fourth-order valence-corrected chi connectivity index (χ4v) is 4.63. The minimum atomic E-state index is -0.541. The predicted molar refractivity (Wildman–Crippen MR) is 127 cm³/mol. The number of benzene rings is 2. The summed E-state index contributed by atoms with van der Waals surface area (Å²) in [6, 6.07) is 16.7. The monoisotopic (exact) mass is 443 g/mol. The number of hydrogen-bond donors (Lipinski definition) is 2. The van der Waals surface area contributed by atoms with Crippen LogP contribution in [0.4, 0.5) is 10.2 Å². The quantitative estimate of drug-likeness (QED) is 0.518. The Labute approximate surface area is 193 Å². The van der Waals surface area contributed by atoms with Crippen LogP contribution in [-0.2, 0) is 10.3 Å². The molecule has 1 aromatic heterocycles. The third-order valence-electron chi connectivity index (χ3n) is 6.75. The van der Waals surface area contributed by atoms with Crippen molar-refractivity contribution in [3.63, 3.8) is 0 Å². The summed E-state index contributed by atoms with van der Waals surface area (Å²) in [5, 5.41) is 11.6. The van der Waals surface area contributed by atoms with E-state index in [9.17, 15) is 9.18 Å². The maximum Gasteiger partial charge on any atom is 0.225 e. The van der Waals surface area contributed by atoms with Gasteiger partial charge in [0.15, 0.2) is 5.82 Å². The summed E-state index contributed by atoms with van der Waals surface area (Å²) in [6.45, 7) is 0. The Bertz CT molecular complexity index is 1150. The average Bonchev–Trinajstić information content (AvgIpc) is 3.58. The van der Waals surface area contributed by atoms with Crippen LogP contribution in [-0.4, -0.2) is 16.1 Å². The molecule has 3 N–H and O–H groups in total. The molecular formula is C27H28FN4O. The van der Waals surface area contributed by atoms with Crippen LogP contribution in [0.2, 0.25) is 0 Å². The molecule has 0 saturated heterocycles. The van der Waals surface area contributed by atoms with E-state index in [4.69, 9.17) is 5.73 Å². The van der Waals surface area contributed by atoms with Crippen LogP contribution in [0.25, 0.3) is 22.4 Å². The lowest BCUT2D eigenvalue weighted by Crippen LogP contribution is -2.20. The van der Waals surface area contributed by atoms with E-state index in [-0.39, 0.29) is 11.7 Å². The first-order valence-corrected chi connectivity index (χ1v) is 11.7. The number of amides is 1. The van der Waals surface area contributed by atoms with Crippen molar-refractivity contribution in [2.45, 2.75) is 50.5 Å². The Kier molecular flexibility index (Phi) is 5.94. The molecule has 0 aliphatic heterocycles. The summed E-state index contributed by atoms with van der Waals surface area (Å²) in [6.07, 6.45) is 8.63. The number of nitrogens with one attached hydrogen (secondary N) is 1. The molecule has 6 heteroatoms. The highest BCUT2D eigenvalue weighted by atomic mass is 19.1. The maximum absolute atomic E-state index is 14.9. The molecule has 5 rings (SSSR count). The first kappa shape index (κ1) is 21.7. The van der Waals surface area contributed by atoms with E-state index in [1.165, 1.54) is 6.07 Å². The molecule has 0 bridgehead atoms. The van der Waals surface area contributed by atoms with Crippen molar-refractivity contribution in [3.8, 4) is 22.4 Å². The van der Waals surface area contributed by atoms with Crippen molar-refractivity contribution < 1.29 is 9.18 Å². The lowest BCUT2D eigenvalue weighted by molar-refractivity contribution is -0.117. The summed E-state index contributed by atoms with van der Waals surface area (Å²) < 4.78 is 14.9. The van der Waals surface area contributed by atoms with E-state index < -0.39 is 5.54 Å². The van der Waals surface area contributed by atoms with E-state index in [0.717, 1.165) is 49.7 Å². The Morgan fingerprint density at radius 3 is 2.48 bits per heavy atom. The van der Waals surface area contributed by atoms with Crippen molar-refractivity contribution >= 4 is 11.7 Å². The second-order valence-electron chi connectivity index (χ2n) is 9.27. The molecule has 3 aromatic rings. The van der Waals surface area contributed by atoms with E-state index in [0.29, 0.717) is 35.0 Å². The standard InChI is InChI=1S/C27H28FN4O/c28-23-16-20(11-12-22(23)27(29)13-14-27)26-21(19-9-5-2-6-10-19)17-24(31-32-26)30-25(33)15-18-7-3-1-4-8-18/h1-2,5-6,9-12,16-18H,3-4,7-8,13-15,29H2,(H,30,31,33). The highest BCUT2D eigenvalue weighted by molar-refractivity contribution is 5.91. The Morgan fingerprint density at radius 2 is 1.79 bits per heavy atom. The molecule has 2 saturated carbocycles. The van der Waals surface area contributed by atoms with E-state index in [1.807, 2.05) is 42.5 Å². The third kappa shape index (κ3) is 4.81. The van der Waals surface area contributed by atoms with Gasteiger partial charge in [0, 0.05) is 28.7 Å². The van der Waals surface area contributed by atoms with Crippen molar-refractivity contribution in [1.29, 1.82) is 0 Å². The average molecular weight is 444 g/mol. The molecule has 0 spiro atoms. The van der Waals surface area contributed by atoms with Gasteiger partial charge in [-0.2, -0.15) is 0 Å². The van der Waals surface area contributed by atoms with Crippen molar-refractivity contribution in [2.24, 2.45) is 11.7 Å². The van der Waals surface area contributed by atoms with Gasteiger partial charge >= 0.3 is 0 Å². The normalized spacial score (nSPS) is 17.5. The highest BCUT2D eigenvalue weighted by Gasteiger charge is 2.42. The summed E-state index contributed by atoms with van der Waals surface area (Å²) in [5.41, 5.74) is 9.10. The molecule has 5 nitrogen and oxygen atoms in total. The number of halogens is 1. The lowest BCUT2D eigenvalue weighted by Gasteiger charge is -2.20. The zero-order valence-electron chi connectivity index (χ0n) is 18.6. The molecule has 1 heterocycles. The lowest BCUT2D eigenvalue weighted by atomic mass is 9.87. The third-order valence-corrected chi connectivity index (χ3v) is 6.75. The number of rotatable bonds is 6. The van der Waals surface area contributed by atoms with Gasteiger partial charge in [-0.05, 0) is 68.6 Å². The number of carbonyl (C=O) groups is 1. The molecule has 2 aliphatic rings. The molecule has 2 fully saturated rings. The van der Waals surface area contributed by atoms with Gasteiger partial charge in [0.1, 0.15) is 11.5 Å². The second kappa shape index (κ2) is 9.02. The topological polar surface area (TPSA) is 80.9 Å². The van der Waals surface area contributed by atoms with E-state index >= 15 is 0 Å². The van der Waals surface area contributed by atoms with Gasteiger partial charge in [-0.3, -0.25) is 4.79 Å². The van der Waals surface area contributed by atoms with Gasteiger partial charge < -0.3 is 11.1 Å². The van der Waals surface area contributed by atoms with Gasteiger partial charge in [-0.25, -0.2) is 4.39 Å². The fraction of sp³-hybridized carbons (Fsp3) is 0.333. The zero-order valence-corrected chi connectivity index (χ0v) is 18.6. The largest absolute Gasteiger partial charge is 0.321 e. The van der Waals surface area contributed by atoms with Gasteiger partial charge in [0.2, 0.25) is 5.91 Å². The number of carbonyl (C=O) groups excluding carboxylic acids is 1. The summed E-state index contributed by atoms with van der Waals surface area (Å²) in [4.78, 5) is 12.6. The fourth-order valence-electron chi connectivity index (χ4n) is 4.63. The number of anilines is 1. The zero-order chi connectivity index (χ0) is 22.8. The number of aromatic nitrogens is 2. The molecule has 1 radical (unpaired) electrons. The van der Waals surface area contributed by atoms with Crippen LogP contribution in [0.15, 0.2) is 54.6 Å². The number of nitrogens with two attached hydrogens (primary N) is 1. The SMILES string of the molecule is NC1(c2ccc(-c3nnc(NC(=O)CC4CC[CH]CC4)cc3-c3ccccc3)cc2F)CC1. The van der Waals surface area contributed by atoms with Crippen molar-refractivity contribution in [3.05, 3.63) is 72.4 Å². The van der Waals surface area contributed by atoms with Crippen LogP contribution >= 0.6 is 0 Å². The Balaban J connectivity index is 1.44. The highest BCUT2D eigenvalue weighted by Crippen LogP contribution is 2.44. The molecule has 169 valence electrons. The van der Waals surface area contributed by atoms with E-state index in [1.54, 1.807) is 6.07 Å². The molecular weight excluding hydrogens is 415 g/mol. The van der Waals surface area contributed by atoms with Crippen LogP contribution < -0.4 is 11.1 Å². The second-order valence-corrected chi connectivity index (χ2v) is 9.27. The Morgan fingerprint density at radius 1 is 1.03 bits per heavy atom. The minimum absolute atomic E-state index is 0.0453. The van der Waals surface area contributed by atoms with Crippen molar-refractivity contribution in [2.75, 3.05) is 5.32 Å². The molecule has 2 aromatic carbocycles. The van der Waals surface area contributed by atoms with Crippen LogP contribution in [0.3, 0.4) is 0 Å². The number of hydrogen-bond acceptors (Lipinski definition) is 4. The summed E-state index contributed by atoms with van der Waals surface area (Å²) in [5.74, 6) is 0.446. The van der Waals surface area contributed by atoms with Gasteiger partial charge in [0.25, 0.3) is 0 Å². The number of nitrogens with zero attached hydrogens (tertiary/aromatic N) is 2. The molecule has 2 aliphatic carbocycles. The molecule has 0 atom stereocenters. The van der Waals surface area contributed by atoms with Crippen LogP contribution in [0.1, 0.15) is 50.5 Å². The predicted octanol–water partition coefficient (Wildman–Crippen LogP) is 5.62. The minimum Gasteiger partial charge on any atom is -0.321 e. The Hall–Kier alpha value is -3.12. The molecule has 0 unspecified atom stereocenters. The van der Waals surface area contributed by atoms with Crippen LogP contribution in [0.5, 0.6) is 0 Å². The van der Waals surface area contributed by atoms with Crippen LogP contribution in [0, 0.1) is 18.2 Å². The van der Waals surface area contributed by atoms with Crippen molar-refractivity contribution in [1.82, 2.24) is 10.2 Å². The smallest absolute Gasteiger partial charge is 0.225 e. The first-order chi connectivity index (χ1) is 16.0. The van der Waals surface area contributed by atoms with Gasteiger partial charge in [-0.15, -0.1) is 10.2 Å². The maximum atomic E-state index is 14.9. The molecule has 1 amide bonds. The summed E-state index contributed by atoms with van der Waals surface area (Å²) in [7, 11) is 0. The molecule has 33 heavy (non-hydrogen) atoms.